The molecule has 27 heavy (non-hydrogen) atoms. The summed E-state index contributed by atoms with van der Waals surface area (Å²) in [5.74, 6) is 0.0607. The zero-order valence-corrected chi connectivity index (χ0v) is 15.4. The maximum Gasteiger partial charge on any atom is 0.316 e. The van der Waals surface area contributed by atoms with Gasteiger partial charge in [0.15, 0.2) is 11.0 Å². The number of hydrogen-bond acceptors (Lipinski definition) is 5. The van der Waals surface area contributed by atoms with Crippen molar-refractivity contribution in [3.8, 4) is 11.4 Å². The molecule has 0 amide bonds. The van der Waals surface area contributed by atoms with Crippen molar-refractivity contribution in [2.45, 2.75) is 18.3 Å². The van der Waals surface area contributed by atoms with Crippen LogP contribution in [-0.2, 0) is 22.7 Å². The van der Waals surface area contributed by atoms with Crippen LogP contribution in [0.4, 0.5) is 4.39 Å². The van der Waals surface area contributed by atoms with E-state index in [2.05, 4.69) is 16.8 Å². The van der Waals surface area contributed by atoms with E-state index in [-0.39, 0.29) is 24.1 Å². The maximum atomic E-state index is 13.1. The first-order valence-electron chi connectivity index (χ1n) is 8.30. The van der Waals surface area contributed by atoms with Crippen LogP contribution in [-0.4, -0.2) is 26.5 Å². The van der Waals surface area contributed by atoms with Crippen LogP contribution in [0.25, 0.3) is 11.4 Å². The molecule has 0 aliphatic carbocycles. The fourth-order valence-corrected chi connectivity index (χ4v) is 3.15. The third-order valence-corrected chi connectivity index (χ3v) is 4.63. The van der Waals surface area contributed by atoms with E-state index in [0.717, 1.165) is 11.1 Å². The molecule has 138 valence electrons. The zero-order chi connectivity index (χ0) is 19.1. The van der Waals surface area contributed by atoms with Crippen LogP contribution in [0.2, 0.25) is 0 Å². The Morgan fingerprint density at radius 1 is 1.15 bits per heavy atom. The minimum absolute atomic E-state index is 0.117. The summed E-state index contributed by atoms with van der Waals surface area (Å²) in [4.78, 5) is 12.0. The summed E-state index contributed by atoms with van der Waals surface area (Å²) in [6, 6.07) is 15.5. The molecule has 0 aliphatic rings. The number of rotatable bonds is 8. The van der Waals surface area contributed by atoms with Crippen LogP contribution in [0.15, 0.2) is 72.4 Å². The molecule has 0 saturated carbocycles. The summed E-state index contributed by atoms with van der Waals surface area (Å²) < 4.78 is 20.3. The van der Waals surface area contributed by atoms with Gasteiger partial charge in [0.1, 0.15) is 12.4 Å². The van der Waals surface area contributed by atoms with Gasteiger partial charge < -0.3 is 4.74 Å². The van der Waals surface area contributed by atoms with Crippen LogP contribution in [0, 0.1) is 5.82 Å². The second-order valence-corrected chi connectivity index (χ2v) is 6.59. The number of thioether (sulfide) groups is 1. The summed E-state index contributed by atoms with van der Waals surface area (Å²) >= 11 is 1.24. The summed E-state index contributed by atoms with van der Waals surface area (Å²) in [6.07, 6.45) is 1.72. The van der Waals surface area contributed by atoms with E-state index >= 15 is 0 Å². The Kier molecular flexibility index (Phi) is 6.38. The number of carbonyl (C=O) groups is 1. The smallest absolute Gasteiger partial charge is 0.316 e. The van der Waals surface area contributed by atoms with Crippen molar-refractivity contribution in [2.75, 3.05) is 5.75 Å². The van der Waals surface area contributed by atoms with E-state index in [1.165, 1.54) is 23.9 Å². The third kappa shape index (κ3) is 5.04. The van der Waals surface area contributed by atoms with Crippen LogP contribution in [0.5, 0.6) is 0 Å². The molecule has 1 aromatic heterocycles. The zero-order valence-electron chi connectivity index (χ0n) is 14.5. The Hall–Kier alpha value is -2.93. The lowest BCUT2D eigenvalue weighted by Gasteiger charge is -2.08. The number of nitrogens with zero attached hydrogens (tertiary/aromatic N) is 3. The number of benzene rings is 2. The third-order valence-electron chi connectivity index (χ3n) is 3.69. The molecule has 0 radical (unpaired) electrons. The molecule has 1 heterocycles. The molecule has 0 aliphatic heterocycles. The molecular formula is C20H18FN3O2S. The fraction of sp³-hybridized carbons (Fsp3) is 0.150. The monoisotopic (exact) mass is 383 g/mol. The van der Waals surface area contributed by atoms with Gasteiger partial charge in [-0.25, -0.2) is 4.39 Å². The standard InChI is InChI=1S/C20H18FN3O2S/c1-2-12-24-19(16-8-10-17(21)11-9-16)22-23-20(24)27-14-18(25)26-13-15-6-4-3-5-7-15/h2-11H,1,12-14H2. The predicted molar refractivity (Wildman–Crippen MR) is 103 cm³/mol. The van der Waals surface area contributed by atoms with Crippen LogP contribution >= 0.6 is 11.8 Å². The highest BCUT2D eigenvalue weighted by Gasteiger charge is 2.15. The molecule has 3 rings (SSSR count). The number of esters is 1. The molecule has 7 heteroatoms. The summed E-state index contributed by atoms with van der Waals surface area (Å²) in [7, 11) is 0. The van der Waals surface area contributed by atoms with Crippen molar-refractivity contribution in [3.63, 3.8) is 0 Å². The van der Waals surface area contributed by atoms with E-state index < -0.39 is 0 Å². The Morgan fingerprint density at radius 2 is 1.89 bits per heavy atom. The lowest BCUT2D eigenvalue weighted by Crippen LogP contribution is -2.08. The SMILES string of the molecule is C=CCn1c(SCC(=O)OCc2ccccc2)nnc1-c1ccc(F)cc1. The Balaban J connectivity index is 1.65. The van der Waals surface area contributed by atoms with Gasteiger partial charge in [0.25, 0.3) is 0 Å². The number of allylic oxidation sites excluding steroid dienone is 1. The van der Waals surface area contributed by atoms with Crippen molar-refractivity contribution < 1.29 is 13.9 Å². The van der Waals surface area contributed by atoms with Gasteiger partial charge in [0.2, 0.25) is 0 Å². The maximum absolute atomic E-state index is 13.1. The van der Waals surface area contributed by atoms with Crippen molar-refractivity contribution in [2.24, 2.45) is 0 Å². The topological polar surface area (TPSA) is 57.0 Å². The molecule has 0 spiro atoms. The van der Waals surface area contributed by atoms with Gasteiger partial charge in [-0.15, -0.1) is 16.8 Å². The highest BCUT2D eigenvalue weighted by Crippen LogP contribution is 2.24. The first-order chi connectivity index (χ1) is 13.2. The average molecular weight is 383 g/mol. The molecule has 0 bridgehead atoms. The normalized spacial score (nSPS) is 10.6. The molecular weight excluding hydrogens is 365 g/mol. The predicted octanol–water partition coefficient (Wildman–Crippen LogP) is 4.11. The number of ether oxygens (including phenoxy) is 1. The van der Waals surface area contributed by atoms with Crippen molar-refractivity contribution in [1.82, 2.24) is 14.8 Å². The van der Waals surface area contributed by atoms with E-state index in [9.17, 15) is 9.18 Å². The van der Waals surface area contributed by atoms with E-state index in [1.54, 1.807) is 18.2 Å². The molecule has 0 atom stereocenters. The second-order valence-electron chi connectivity index (χ2n) is 5.65. The highest BCUT2D eigenvalue weighted by molar-refractivity contribution is 7.99. The molecule has 5 nitrogen and oxygen atoms in total. The van der Waals surface area contributed by atoms with Crippen LogP contribution in [0.3, 0.4) is 0 Å². The molecule has 0 N–H and O–H groups in total. The Labute approximate surface area is 160 Å². The lowest BCUT2D eigenvalue weighted by molar-refractivity contribution is -0.141. The van der Waals surface area contributed by atoms with E-state index in [1.807, 2.05) is 34.9 Å². The molecule has 0 saturated heterocycles. The summed E-state index contributed by atoms with van der Waals surface area (Å²) in [5, 5.41) is 8.90. The number of hydrogen-bond donors (Lipinski definition) is 0. The van der Waals surface area contributed by atoms with Gasteiger partial charge in [0.05, 0.1) is 5.75 Å². The highest BCUT2D eigenvalue weighted by atomic mass is 32.2. The van der Waals surface area contributed by atoms with Gasteiger partial charge in [0, 0.05) is 12.1 Å². The average Bonchev–Trinajstić information content (AvgIpc) is 3.09. The number of halogens is 1. The minimum atomic E-state index is -0.333. The second kappa shape index (κ2) is 9.14. The van der Waals surface area contributed by atoms with Gasteiger partial charge in [-0.1, -0.05) is 48.2 Å². The van der Waals surface area contributed by atoms with Crippen molar-refractivity contribution in [1.29, 1.82) is 0 Å². The minimum Gasteiger partial charge on any atom is -0.460 e. The van der Waals surface area contributed by atoms with Crippen LogP contribution < -0.4 is 0 Å². The first kappa shape index (κ1) is 18.8. The van der Waals surface area contributed by atoms with Gasteiger partial charge in [-0.3, -0.25) is 9.36 Å². The summed E-state index contributed by atoms with van der Waals surface area (Å²) in [6.45, 7) is 4.46. The van der Waals surface area contributed by atoms with Crippen molar-refractivity contribution in [3.05, 3.63) is 78.6 Å². The van der Waals surface area contributed by atoms with Crippen LogP contribution in [0.1, 0.15) is 5.56 Å². The summed E-state index contributed by atoms with van der Waals surface area (Å²) in [5.41, 5.74) is 1.67. The van der Waals surface area contributed by atoms with E-state index in [0.29, 0.717) is 17.5 Å². The molecule has 3 aromatic rings. The largest absolute Gasteiger partial charge is 0.460 e. The van der Waals surface area contributed by atoms with Gasteiger partial charge in [-0.2, -0.15) is 0 Å². The van der Waals surface area contributed by atoms with Crippen molar-refractivity contribution >= 4 is 17.7 Å². The fourth-order valence-electron chi connectivity index (χ4n) is 2.40. The Morgan fingerprint density at radius 3 is 2.59 bits per heavy atom. The molecule has 0 unspecified atom stereocenters. The first-order valence-corrected chi connectivity index (χ1v) is 9.28. The number of aromatic nitrogens is 3. The quantitative estimate of drug-likeness (QED) is 0.333. The van der Waals surface area contributed by atoms with Gasteiger partial charge >= 0.3 is 5.97 Å². The Bertz CT molecular complexity index is 911. The lowest BCUT2D eigenvalue weighted by atomic mass is 10.2. The molecule has 2 aromatic carbocycles. The van der Waals surface area contributed by atoms with E-state index in [4.69, 9.17) is 4.74 Å². The van der Waals surface area contributed by atoms with Gasteiger partial charge in [-0.05, 0) is 29.8 Å². The molecule has 0 fully saturated rings. The number of carbonyl (C=O) groups excluding carboxylic acids is 1.